The molecule has 1 aromatic carbocycles. The molecule has 2 rings (SSSR count). The Balaban J connectivity index is 2.48. The fraction of sp³-hybridized carbons (Fsp3) is 0.0909. The summed E-state index contributed by atoms with van der Waals surface area (Å²) in [6.07, 6.45) is 0. The molecule has 0 nitrogen and oxygen atoms in total. The lowest BCUT2D eigenvalue weighted by Crippen LogP contribution is -1.96. The Bertz CT molecular complexity index is 554. The van der Waals surface area contributed by atoms with Crippen molar-refractivity contribution in [3.05, 3.63) is 55.7 Å². The van der Waals surface area contributed by atoms with Crippen molar-refractivity contribution < 1.29 is 8.78 Å². The average molecular weight is 314 g/mol. The van der Waals surface area contributed by atoms with E-state index in [1.54, 1.807) is 11.4 Å². The van der Waals surface area contributed by atoms with Crippen LogP contribution in [0.3, 0.4) is 0 Å². The van der Waals surface area contributed by atoms with Gasteiger partial charge in [0, 0.05) is 9.90 Å². The number of benzene rings is 1. The lowest BCUT2D eigenvalue weighted by Gasteiger charge is -2.11. The number of thiophene rings is 1. The molecule has 17 heavy (non-hydrogen) atoms. The Morgan fingerprint density at radius 1 is 1.06 bits per heavy atom. The molecule has 0 saturated heterocycles. The minimum Gasteiger partial charge on any atom is -0.204 e. The molecule has 0 amide bonds. The standard InChI is InChI=1S/C11H5Cl3F2S/c12-6-1-2-17-11(6)10(14)5-3-8(15)9(16)4-7(5)13/h1-4,10H. The predicted molar refractivity (Wildman–Crippen MR) is 68.4 cm³/mol. The van der Waals surface area contributed by atoms with Crippen molar-refractivity contribution in [2.45, 2.75) is 5.38 Å². The Morgan fingerprint density at radius 3 is 2.29 bits per heavy atom. The molecule has 0 saturated carbocycles. The first-order valence-corrected chi connectivity index (χ1v) is 6.59. The van der Waals surface area contributed by atoms with Crippen LogP contribution in [0.15, 0.2) is 23.6 Å². The van der Waals surface area contributed by atoms with Crippen molar-refractivity contribution >= 4 is 46.1 Å². The summed E-state index contributed by atoms with van der Waals surface area (Å²) in [4.78, 5) is 0.654. The zero-order valence-corrected chi connectivity index (χ0v) is 11.3. The lowest BCUT2D eigenvalue weighted by atomic mass is 10.1. The van der Waals surface area contributed by atoms with Crippen LogP contribution in [0.5, 0.6) is 0 Å². The summed E-state index contributed by atoms with van der Waals surface area (Å²) in [5.74, 6) is -1.98. The van der Waals surface area contributed by atoms with Gasteiger partial charge in [-0.25, -0.2) is 8.78 Å². The summed E-state index contributed by atoms with van der Waals surface area (Å²) in [6, 6.07) is 3.58. The van der Waals surface area contributed by atoms with Crippen LogP contribution in [0, 0.1) is 11.6 Å². The molecule has 6 heteroatoms. The van der Waals surface area contributed by atoms with Gasteiger partial charge in [-0.15, -0.1) is 22.9 Å². The van der Waals surface area contributed by atoms with Gasteiger partial charge < -0.3 is 0 Å². The number of halogens is 5. The molecule has 0 aliphatic rings. The zero-order valence-electron chi connectivity index (χ0n) is 8.18. The second-order valence-corrected chi connectivity index (χ2v) is 5.48. The van der Waals surface area contributed by atoms with Crippen molar-refractivity contribution in [3.63, 3.8) is 0 Å². The van der Waals surface area contributed by atoms with Gasteiger partial charge in [-0.05, 0) is 29.1 Å². The van der Waals surface area contributed by atoms with Gasteiger partial charge in [-0.1, -0.05) is 23.2 Å². The predicted octanol–water partition coefficient (Wildman–Crippen LogP) is 5.66. The van der Waals surface area contributed by atoms with Crippen LogP contribution in [0.25, 0.3) is 0 Å². The van der Waals surface area contributed by atoms with Gasteiger partial charge >= 0.3 is 0 Å². The molecule has 0 aliphatic carbocycles. The molecule has 0 spiro atoms. The molecule has 0 bridgehead atoms. The van der Waals surface area contributed by atoms with Crippen LogP contribution < -0.4 is 0 Å². The molecule has 0 N–H and O–H groups in total. The summed E-state index contributed by atoms with van der Waals surface area (Å²) < 4.78 is 26.1. The van der Waals surface area contributed by atoms with Crippen LogP contribution in [0.4, 0.5) is 8.78 Å². The second kappa shape index (κ2) is 5.11. The van der Waals surface area contributed by atoms with Crippen LogP contribution in [0.2, 0.25) is 10.0 Å². The number of rotatable bonds is 2. The fourth-order valence-electron chi connectivity index (χ4n) is 1.36. The van der Waals surface area contributed by atoms with Gasteiger partial charge in [0.2, 0.25) is 0 Å². The van der Waals surface area contributed by atoms with E-state index < -0.39 is 17.0 Å². The van der Waals surface area contributed by atoms with Gasteiger partial charge in [0.1, 0.15) is 0 Å². The highest BCUT2D eigenvalue weighted by Crippen LogP contribution is 2.40. The van der Waals surface area contributed by atoms with Crippen LogP contribution >= 0.6 is 46.1 Å². The maximum Gasteiger partial charge on any atom is 0.160 e. The van der Waals surface area contributed by atoms with Crippen LogP contribution in [-0.2, 0) is 0 Å². The summed E-state index contributed by atoms with van der Waals surface area (Å²) in [5, 5.41) is 1.63. The molecule has 0 aliphatic heterocycles. The van der Waals surface area contributed by atoms with Crippen molar-refractivity contribution in [2.24, 2.45) is 0 Å². The van der Waals surface area contributed by atoms with Crippen LogP contribution in [-0.4, -0.2) is 0 Å². The van der Waals surface area contributed by atoms with Gasteiger partial charge in [0.15, 0.2) is 11.6 Å². The Labute approximate surface area is 116 Å². The molecule has 90 valence electrons. The third-order valence-electron chi connectivity index (χ3n) is 2.19. The van der Waals surface area contributed by atoms with E-state index in [1.165, 1.54) is 11.3 Å². The van der Waals surface area contributed by atoms with Gasteiger partial charge in [-0.2, -0.15) is 0 Å². The van der Waals surface area contributed by atoms with E-state index in [-0.39, 0.29) is 5.02 Å². The summed E-state index contributed by atoms with van der Waals surface area (Å²) >= 11 is 19.3. The monoisotopic (exact) mass is 312 g/mol. The molecule has 2 aromatic rings. The first-order valence-electron chi connectivity index (χ1n) is 4.52. The Kier molecular flexibility index (Phi) is 3.93. The van der Waals surface area contributed by atoms with E-state index in [0.717, 1.165) is 12.1 Å². The zero-order chi connectivity index (χ0) is 12.6. The third kappa shape index (κ3) is 2.58. The number of hydrogen-bond acceptors (Lipinski definition) is 1. The first kappa shape index (κ1) is 13.1. The van der Waals surface area contributed by atoms with Crippen LogP contribution in [0.1, 0.15) is 15.8 Å². The normalized spacial score (nSPS) is 12.8. The van der Waals surface area contributed by atoms with Gasteiger partial charge in [0.05, 0.1) is 10.4 Å². The SMILES string of the molecule is Fc1cc(Cl)c(C(Cl)c2sccc2Cl)cc1F. The highest BCUT2D eigenvalue weighted by molar-refractivity contribution is 7.11. The van der Waals surface area contributed by atoms with E-state index in [9.17, 15) is 8.78 Å². The molecule has 1 unspecified atom stereocenters. The molecule has 1 atom stereocenters. The lowest BCUT2D eigenvalue weighted by molar-refractivity contribution is 0.507. The highest BCUT2D eigenvalue weighted by atomic mass is 35.5. The first-order chi connectivity index (χ1) is 8.00. The molecule has 0 fully saturated rings. The maximum atomic E-state index is 13.1. The minimum absolute atomic E-state index is 0.0772. The molecular weight excluding hydrogens is 309 g/mol. The molecule has 1 aromatic heterocycles. The van der Waals surface area contributed by atoms with Crippen molar-refractivity contribution in [1.29, 1.82) is 0 Å². The molecule has 0 radical (unpaired) electrons. The quantitative estimate of drug-likeness (QED) is 0.495. The number of hydrogen-bond donors (Lipinski definition) is 0. The maximum absolute atomic E-state index is 13.1. The summed E-state index contributed by atoms with van der Waals surface area (Å²) in [5.41, 5.74) is 0.302. The van der Waals surface area contributed by atoms with Gasteiger partial charge in [0.25, 0.3) is 0 Å². The largest absolute Gasteiger partial charge is 0.204 e. The third-order valence-corrected chi connectivity index (χ3v) is 4.52. The van der Waals surface area contributed by atoms with Crippen molar-refractivity contribution in [1.82, 2.24) is 0 Å². The Morgan fingerprint density at radius 2 is 1.71 bits per heavy atom. The summed E-state index contributed by atoms with van der Waals surface area (Å²) in [7, 11) is 0. The van der Waals surface area contributed by atoms with E-state index in [4.69, 9.17) is 34.8 Å². The smallest absolute Gasteiger partial charge is 0.160 e. The second-order valence-electron chi connectivity index (χ2n) is 3.28. The average Bonchev–Trinajstić information content (AvgIpc) is 2.69. The van der Waals surface area contributed by atoms with E-state index >= 15 is 0 Å². The topological polar surface area (TPSA) is 0 Å². The molecule has 1 heterocycles. The highest BCUT2D eigenvalue weighted by Gasteiger charge is 2.20. The van der Waals surface area contributed by atoms with Gasteiger partial charge in [-0.3, -0.25) is 0 Å². The molecular formula is C11H5Cl3F2S. The number of alkyl halides is 1. The van der Waals surface area contributed by atoms with E-state index in [2.05, 4.69) is 0 Å². The van der Waals surface area contributed by atoms with E-state index in [1.807, 2.05) is 0 Å². The van der Waals surface area contributed by atoms with E-state index in [0.29, 0.717) is 15.5 Å². The minimum atomic E-state index is -1.00. The van der Waals surface area contributed by atoms with Crippen molar-refractivity contribution in [3.8, 4) is 0 Å². The Hall–Kier alpha value is -0.350. The fourth-order valence-corrected chi connectivity index (χ4v) is 3.34. The van der Waals surface area contributed by atoms with Crippen molar-refractivity contribution in [2.75, 3.05) is 0 Å². The summed E-state index contributed by atoms with van der Waals surface area (Å²) in [6.45, 7) is 0.